The maximum Gasteiger partial charge on any atom is 0.352 e. The molecule has 16 heteroatoms. The van der Waals surface area contributed by atoms with E-state index in [1.807, 2.05) is 79.2 Å². The number of aryl methyl sites for hydroxylation is 6. The van der Waals surface area contributed by atoms with E-state index in [1.165, 1.54) is 11.3 Å². The van der Waals surface area contributed by atoms with Gasteiger partial charge in [0.25, 0.3) is 11.2 Å². The zero-order chi connectivity index (χ0) is 44.6. The Labute approximate surface area is 385 Å². The number of anilines is 1. The number of nitrogens with one attached hydrogen (secondary N) is 1. The fourth-order valence-electron chi connectivity index (χ4n) is 9.24. The average molecular weight is 923 g/mol. The van der Waals surface area contributed by atoms with Gasteiger partial charge in [0, 0.05) is 92.1 Å². The molecule has 1 saturated heterocycles. The van der Waals surface area contributed by atoms with Crippen LogP contribution in [-0.2, 0) is 69.7 Å². The SMILES string of the molecule is Cn1nc2cc1CCc1cc(c3ccccc3c1)OCCCc1c(C(=O)O)n(C)c3c(c(Cl)ccc13)-c1c(COc3ccc(N4CCN(S(=O)[NH+](C)C)CC4)cc3)nn(C)c1CSC2. The van der Waals surface area contributed by atoms with Crippen LogP contribution >= 0.6 is 23.4 Å². The lowest BCUT2D eigenvalue weighted by molar-refractivity contribution is -0.715. The second kappa shape index (κ2) is 18.6. The van der Waals surface area contributed by atoms with Gasteiger partial charge in [-0.25, -0.2) is 9.10 Å². The van der Waals surface area contributed by atoms with Gasteiger partial charge in [0.1, 0.15) is 29.5 Å². The quantitative estimate of drug-likeness (QED) is 0.178. The van der Waals surface area contributed by atoms with Crippen LogP contribution in [0.4, 0.5) is 5.69 Å². The highest BCUT2D eigenvalue weighted by molar-refractivity contribution is 7.97. The lowest BCUT2D eigenvalue weighted by Crippen LogP contribution is -3.07. The van der Waals surface area contributed by atoms with Crippen LogP contribution in [0, 0.1) is 0 Å². The van der Waals surface area contributed by atoms with Crippen LogP contribution in [0.5, 0.6) is 11.5 Å². The average Bonchev–Trinajstić information content (AvgIpc) is 3.91. The number of hydrogen-bond donors (Lipinski definition) is 2. The molecule has 2 aliphatic rings. The highest BCUT2D eigenvalue weighted by atomic mass is 35.5. The Bertz CT molecular complexity index is 2880. The molecular formula is C48H54ClN8O5S2+. The van der Waals surface area contributed by atoms with Gasteiger partial charge in [-0.15, -0.1) is 11.8 Å². The van der Waals surface area contributed by atoms with E-state index in [0.717, 1.165) is 105 Å². The topological polar surface area (TPSA) is 124 Å². The molecule has 4 aromatic carbocycles. The van der Waals surface area contributed by atoms with Crippen molar-refractivity contribution in [3.8, 4) is 22.6 Å². The predicted molar refractivity (Wildman–Crippen MR) is 256 cm³/mol. The molecule has 1 unspecified atom stereocenters. The van der Waals surface area contributed by atoms with Crippen molar-refractivity contribution in [3.05, 3.63) is 123 Å². The second-order valence-corrected chi connectivity index (χ2v) is 20.0. The molecule has 7 aromatic rings. The minimum atomic E-state index is -1.06. The molecule has 64 heavy (non-hydrogen) atoms. The van der Waals surface area contributed by atoms with Crippen molar-refractivity contribution in [1.82, 2.24) is 28.4 Å². The summed E-state index contributed by atoms with van der Waals surface area (Å²) in [5, 5.41) is 24.2. The number of quaternary nitrogens is 1. The summed E-state index contributed by atoms with van der Waals surface area (Å²) >= 11 is 7.96. The molecule has 0 saturated carbocycles. The monoisotopic (exact) mass is 921 g/mol. The van der Waals surface area contributed by atoms with Gasteiger partial charge in [0.15, 0.2) is 0 Å². The smallest absolute Gasteiger partial charge is 0.352 e. The number of benzene rings is 4. The van der Waals surface area contributed by atoms with E-state index < -0.39 is 17.1 Å². The van der Waals surface area contributed by atoms with Crippen LogP contribution in [0.3, 0.4) is 0 Å². The van der Waals surface area contributed by atoms with E-state index in [4.69, 9.17) is 31.3 Å². The summed E-state index contributed by atoms with van der Waals surface area (Å²) in [6, 6.07) is 26.8. The van der Waals surface area contributed by atoms with Crippen molar-refractivity contribution in [1.29, 1.82) is 0 Å². The zero-order valence-electron chi connectivity index (χ0n) is 36.9. The summed E-state index contributed by atoms with van der Waals surface area (Å²) in [5.41, 5.74) is 9.36. The Morgan fingerprint density at radius 2 is 1.67 bits per heavy atom. The maximum absolute atomic E-state index is 13.1. The minimum absolute atomic E-state index is 0.163. The molecule has 2 aliphatic heterocycles. The van der Waals surface area contributed by atoms with E-state index in [2.05, 4.69) is 53.4 Å². The zero-order valence-corrected chi connectivity index (χ0v) is 39.3. The van der Waals surface area contributed by atoms with E-state index >= 15 is 0 Å². The van der Waals surface area contributed by atoms with Crippen molar-refractivity contribution in [2.45, 2.75) is 43.8 Å². The number of thioether (sulfide) groups is 1. The third-order valence-corrected chi connectivity index (χ3v) is 15.2. The molecule has 3 aromatic heterocycles. The summed E-state index contributed by atoms with van der Waals surface area (Å²) < 4.78 is 34.3. The molecular weight excluding hydrogens is 868 g/mol. The van der Waals surface area contributed by atoms with Gasteiger partial charge in [-0.3, -0.25) is 9.36 Å². The fourth-order valence-corrected chi connectivity index (χ4v) is 11.5. The number of aromatic nitrogens is 5. The van der Waals surface area contributed by atoms with Crippen LogP contribution in [0.1, 0.15) is 50.8 Å². The number of halogens is 1. The third-order valence-electron chi connectivity index (χ3n) is 12.4. The first-order valence-electron chi connectivity index (χ1n) is 21.7. The van der Waals surface area contributed by atoms with Crippen molar-refractivity contribution in [2.24, 2.45) is 21.1 Å². The van der Waals surface area contributed by atoms with Gasteiger partial charge < -0.3 is 24.0 Å². The molecule has 1 fully saturated rings. The summed E-state index contributed by atoms with van der Waals surface area (Å²) in [4.78, 5) is 15.4. The van der Waals surface area contributed by atoms with Gasteiger partial charge in [-0.1, -0.05) is 48.0 Å². The third kappa shape index (κ3) is 8.75. The van der Waals surface area contributed by atoms with Gasteiger partial charge in [0.05, 0.1) is 42.6 Å². The number of carboxylic acid groups (broad SMARTS) is 1. The predicted octanol–water partition coefficient (Wildman–Crippen LogP) is 6.78. The van der Waals surface area contributed by atoms with Crippen LogP contribution in [-0.4, -0.2) is 90.6 Å². The minimum Gasteiger partial charge on any atom is -0.493 e. The Morgan fingerprint density at radius 3 is 2.44 bits per heavy atom. The Hall–Kier alpha value is -5.32. The molecule has 0 radical (unpaired) electrons. The number of aromatic carboxylic acids is 1. The van der Waals surface area contributed by atoms with Crippen molar-refractivity contribution < 1.29 is 27.9 Å². The summed E-state index contributed by atoms with van der Waals surface area (Å²) in [5.74, 6) is 1.81. The molecule has 334 valence electrons. The van der Waals surface area contributed by atoms with Crippen LogP contribution in [0.15, 0.2) is 78.9 Å². The molecule has 5 heterocycles. The van der Waals surface area contributed by atoms with Crippen molar-refractivity contribution >= 4 is 67.9 Å². The molecule has 2 N–H and O–H groups in total. The highest BCUT2D eigenvalue weighted by Gasteiger charge is 2.29. The summed E-state index contributed by atoms with van der Waals surface area (Å²) in [7, 11) is 9.59. The van der Waals surface area contributed by atoms with Crippen LogP contribution in [0.25, 0.3) is 32.8 Å². The lowest BCUT2D eigenvalue weighted by Gasteiger charge is -2.34. The lowest BCUT2D eigenvalue weighted by atomic mass is 9.98. The number of nitrogens with zero attached hydrogens (tertiary/aromatic N) is 7. The van der Waals surface area contributed by atoms with Gasteiger partial charge >= 0.3 is 5.97 Å². The standard InChI is InChI=1S/C48H53ClN8O5S2/c1-52(2)64(60)57-22-20-56(21-23-57)34-14-16-36(17-15-34)62-28-41-45-42(55(5)51-41)30-63-29-33-27-35(54(4)50-33)13-12-31-25-32-9-6-7-10-37(32)43(26-31)61-24-8-11-38-39-18-19-40(49)44(45)46(39)53(3)47(38)48(58)59/h6-7,9-10,14-19,25-27H,8,11-13,20-24,28-30H2,1-5H3,(H,58,59)/p+1. The molecule has 0 aliphatic carbocycles. The first-order chi connectivity index (χ1) is 30.9. The van der Waals surface area contributed by atoms with E-state index in [1.54, 1.807) is 16.3 Å². The molecule has 1 atom stereocenters. The van der Waals surface area contributed by atoms with E-state index in [9.17, 15) is 14.1 Å². The first-order valence-corrected chi connectivity index (χ1v) is 24.4. The molecule has 8 bridgehead atoms. The summed E-state index contributed by atoms with van der Waals surface area (Å²) in [6.45, 7) is 3.61. The number of rotatable bonds is 7. The first kappa shape index (κ1) is 43.9. The van der Waals surface area contributed by atoms with Crippen LogP contribution in [0.2, 0.25) is 5.02 Å². The Morgan fingerprint density at radius 1 is 0.891 bits per heavy atom. The molecule has 0 amide bonds. The molecule has 0 spiro atoms. The Balaban J connectivity index is 1.06. The number of carbonyl (C=O) groups is 1. The van der Waals surface area contributed by atoms with E-state index in [0.29, 0.717) is 47.4 Å². The van der Waals surface area contributed by atoms with Crippen LogP contribution < -0.4 is 18.7 Å². The number of piperazine rings is 1. The van der Waals surface area contributed by atoms with Gasteiger partial charge in [-0.2, -0.15) is 18.7 Å². The second-order valence-electron chi connectivity index (χ2n) is 16.8. The Kier molecular flexibility index (Phi) is 12.8. The molecule has 9 rings (SSSR count). The number of fused-ring (bicyclic) bond motifs is 8. The van der Waals surface area contributed by atoms with Crippen molar-refractivity contribution in [3.63, 3.8) is 0 Å². The molecule has 13 nitrogen and oxygen atoms in total. The number of ether oxygens (including phenoxy) is 2. The summed E-state index contributed by atoms with van der Waals surface area (Å²) in [6.07, 6.45) is 2.77. The number of hydrogen-bond acceptors (Lipinski definition) is 8. The van der Waals surface area contributed by atoms with E-state index in [-0.39, 0.29) is 12.3 Å². The normalized spacial score (nSPS) is 15.9. The van der Waals surface area contributed by atoms with Crippen molar-refractivity contribution in [2.75, 3.05) is 51.8 Å². The maximum atomic E-state index is 13.1. The van der Waals surface area contributed by atoms with Gasteiger partial charge in [-0.05, 0) is 84.7 Å². The fraction of sp³-hybridized carbons (Fsp3) is 0.354. The largest absolute Gasteiger partial charge is 0.493 e. The number of carboxylic acids is 1. The van der Waals surface area contributed by atoms with Gasteiger partial charge in [0.2, 0.25) is 0 Å². The highest BCUT2D eigenvalue weighted by Crippen LogP contribution is 2.43.